The number of carbonyl (C=O) groups is 2. The fourth-order valence-electron chi connectivity index (χ4n) is 2.01. The van der Waals surface area contributed by atoms with Gasteiger partial charge in [-0.2, -0.15) is 0 Å². The maximum Gasteiger partial charge on any atom is 0.335 e. The van der Waals surface area contributed by atoms with Crippen molar-refractivity contribution in [2.45, 2.75) is 20.4 Å². The van der Waals surface area contributed by atoms with Gasteiger partial charge in [0.05, 0.1) is 5.56 Å². The van der Waals surface area contributed by atoms with Crippen molar-refractivity contribution in [2.24, 2.45) is 5.92 Å². The zero-order valence-corrected chi connectivity index (χ0v) is 12.5. The number of hydrogen-bond acceptors (Lipinski definition) is 2. The SMILES string of the molecule is CC(C)CN(C)C(=O)N(C)Cc1ccc(C(=O)O)cc1. The third-order valence-electron chi connectivity index (χ3n) is 2.91. The number of carbonyl (C=O) groups excluding carboxylic acids is 1. The van der Waals surface area contributed by atoms with Crippen LogP contribution in [-0.4, -0.2) is 47.5 Å². The second kappa shape index (κ2) is 6.93. The van der Waals surface area contributed by atoms with E-state index in [0.29, 0.717) is 19.0 Å². The van der Waals surface area contributed by atoms with Crippen LogP contribution in [0.5, 0.6) is 0 Å². The predicted molar refractivity (Wildman–Crippen MR) is 77.7 cm³/mol. The van der Waals surface area contributed by atoms with Gasteiger partial charge in [-0.1, -0.05) is 26.0 Å². The standard InChI is InChI=1S/C15H22N2O3/c1-11(2)9-16(3)15(20)17(4)10-12-5-7-13(8-6-12)14(18)19/h5-8,11H,9-10H2,1-4H3,(H,18,19). The Hall–Kier alpha value is -2.04. The van der Waals surface area contributed by atoms with Crippen molar-refractivity contribution < 1.29 is 14.7 Å². The quantitative estimate of drug-likeness (QED) is 0.900. The van der Waals surface area contributed by atoms with E-state index in [1.807, 2.05) is 0 Å². The van der Waals surface area contributed by atoms with Crippen LogP contribution in [0.25, 0.3) is 0 Å². The van der Waals surface area contributed by atoms with Crippen LogP contribution in [0, 0.1) is 5.92 Å². The Labute approximate surface area is 119 Å². The van der Waals surface area contributed by atoms with Gasteiger partial charge < -0.3 is 14.9 Å². The molecule has 0 radical (unpaired) electrons. The minimum atomic E-state index is -0.947. The molecule has 0 saturated heterocycles. The predicted octanol–water partition coefficient (Wildman–Crippen LogP) is 2.52. The fourth-order valence-corrected chi connectivity index (χ4v) is 2.01. The molecule has 5 heteroatoms. The van der Waals surface area contributed by atoms with Gasteiger partial charge in [0.2, 0.25) is 0 Å². The van der Waals surface area contributed by atoms with Crippen molar-refractivity contribution in [3.05, 3.63) is 35.4 Å². The van der Waals surface area contributed by atoms with Gasteiger partial charge >= 0.3 is 12.0 Å². The number of nitrogens with zero attached hydrogens (tertiary/aromatic N) is 2. The number of carboxylic acids is 1. The summed E-state index contributed by atoms with van der Waals surface area (Å²) in [6.07, 6.45) is 0. The second-order valence-corrected chi connectivity index (χ2v) is 5.42. The molecular formula is C15H22N2O3. The van der Waals surface area contributed by atoms with Crippen LogP contribution in [-0.2, 0) is 6.54 Å². The monoisotopic (exact) mass is 278 g/mol. The van der Waals surface area contributed by atoms with Crippen LogP contribution >= 0.6 is 0 Å². The zero-order chi connectivity index (χ0) is 15.3. The molecule has 1 aromatic carbocycles. The van der Waals surface area contributed by atoms with Crippen molar-refractivity contribution in [3.8, 4) is 0 Å². The summed E-state index contributed by atoms with van der Waals surface area (Å²) in [5.41, 5.74) is 1.16. The van der Waals surface area contributed by atoms with E-state index >= 15 is 0 Å². The highest BCUT2D eigenvalue weighted by Crippen LogP contribution is 2.09. The average Bonchev–Trinajstić information content (AvgIpc) is 2.37. The highest BCUT2D eigenvalue weighted by atomic mass is 16.4. The molecule has 0 aromatic heterocycles. The third kappa shape index (κ3) is 4.57. The summed E-state index contributed by atoms with van der Waals surface area (Å²) < 4.78 is 0. The van der Waals surface area contributed by atoms with Gasteiger partial charge in [0.25, 0.3) is 0 Å². The van der Waals surface area contributed by atoms with Crippen LogP contribution in [0.3, 0.4) is 0 Å². The number of benzene rings is 1. The summed E-state index contributed by atoms with van der Waals surface area (Å²) in [7, 11) is 3.52. The van der Waals surface area contributed by atoms with E-state index in [1.54, 1.807) is 48.2 Å². The molecule has 0 spiro atoms. The topological polar surface area (TPSA) is 60.9 Å². The van der Waals surface area contributed by atoms with Gasteiger partial charge in [-0.15, -0.1) is 0 Å². The van der Waals surface area contributed by atoms with Crippen molar-refractivity contribution >= 4 is 12.0 Å². The molecule has 0 atom stereocenters. The number of carboxylic acid groups (broad SMARTS) is 1. The van der Waals surface area contributed by atoms with E-state index in [4.69, 9.17) is 5.11 Å². The smallest absolute Gasteiger partial charge is 0.335 e. The van der Waals surface area contributed by atoms with Gasteiger partial charge in [0, 0.05) is 27.2 Å². The molecule has 0 fully saturated rings. The van der Waals surface area contributed by atoms with E-state index in [-0.39, 0.29) is 11.6 Å². The Kier molecular flexibility index (Phi) is 5.55. The van der Waals surface area contributed by atoms with Gasteiger partial charge in [-0.05, 0) is 23.6 Å². The van der Waals surface area contributed by atoms with E-state index < -0.39 is 5.97 Å². The first-order valence-corrected chi connectivity index (χ1v) is 6.59. The van der Waals surface area contributed by atoms with Crippen molar-refractivity contribution in [3.63, 3.8) is 0 Å². The number of amides is 2. The molecule has 0 aliphatic carbocycles. The molecule has 2 amide bonds. The first-order valence-electron chi connectivity index (χ1n) is 6.59. The highest BCUT2D eigenvalue weighted by molar-refractivity contribution is 5.87. The van der Waals surface area contributed by atoms with Gasteiger partial charge in [-0.3, -0.25) is 0 Å². The maximum absolute atomic E-state index is 12.1. The normalized spacial score (nSPS) is 10.4. The Morgan fingerprint density at radius 2 is 1.65 bits per heavy atom. The van der Waals surface area contributed by atoms with E-state index in [0.717, 1.165) is 5.56 Å². The number of urea groups is 1. The van der Waals surface area contributed by atoms with E-state index in [1.165, 1.54) is 0 Å². The Balaban J connectivity index is 2.63. The summed E-state index contributed by atoms with van der Waals surface area (Å²) in [5, 5.41) is 8.83. The van der Waals surface area contributed by atoms with Gasteiger partial charge in [0.1, 0.15) is 0 Å². The molecule has 1 N–H and O–H groups in total. The molecular weight excluding hydrogens is 256 g/mol. The molecule has 0 aliphatic rings. The van der Waals surface area contributed by atoms with Crippen LogP contribution in [0.15, 0.2) is 24.3 Å². The lowest BCUT2D eigenvalue weighted by Crippen LogP contribution is -2.40. The van der Waals surface area contributed by atoms with Gasteiger partial charge in [0.15, 0.2) is 0 Å². The van der Waals surface area contributed by atoms with Crippen molar-refractivity contribution in [1.29, 1.82) is 0 Å². The van der Waals surface area contributed by atoms with Crippen molar-refractivity contribution in [1.82, 2.24) is 9.80 Å². The Bertz CT molecular complexity index is 469. The number of aromatic carboxylic acids is 1. The lowest BCUT2D eigenvalue weighted by molar-refractivity contribution is 0.0697. The molecule has 20 heavy (non-hydrogen) atoms. The molecule has 0 unspecified atom stereocenters. The molecule has 0 saturated carbocycles. The van der Waals surface area contributed by atoms with Gasteiger partial charge in [-0.25, -0.2) is 9.59 Å². The largest absolute Gasteiger partial charge is 0.478 e. The maximum atomic E-state index is 12.1. The van der Waals surface area contributed by atoms with Crippen LogP contribution in [0.4, 0.5) is 4.79 Å². The van der Waals surface area contributed by atoms with Crippen LogP contribution in [0.1, 0.15) is 29.8 Å². The molecule has 1 aromatic rings. The Morgan fingerprint density at radius 3 is 2.10 bits per heavy atom. The minimum Gasteiger partial charge on any atom is -0.478 e. The molecule has 0 aliphatic heterocycles. The third-order valence-corrected chi connectivity index (χ3v) is 2.91. The fraction of sp³-hybridized carbons (Fsp3) is 0.467. The minimum absolute atomic E-state index is 0.0407. The lowest BCUT2D eigenvalue weighted by atomic mass is 10.1. The first kappa shape index (κ1) is 16.0. The number of rotatable bonds is 5. The average molecular weight is 278 g/mol. The van der Waals surface area contributed by atoms with Crippen LogP contribution < -0.4 is 0 Å². The first-order chi connectivity index (χ1) is 9.31. The molecule has 110 valence electrons. The summed E-state index contributed by atoms with van der Waals surface area (Å²) in [6, 6.07) is 6.52. The summed E-state index contributed by atoms with van der Waals surface area (Å²) >= 11 is 0. The number of hydrogen-bond donors (Lipinski definition) is 1. The zero-order valence-electron chi connectivity index (χ0n) is 12.5. The van der Waals surface area contributed by atoms with E-state index in [2.05, 4.69) is 13.8 Å². The summed E-state index contributed by atoms with van der Waals surface area (Å²) in [4.78, 5) is 26.2. The second-order valence-electron chi connectivity index (χ2n) is 5.42. The van der Waals surface area contributed by atoms with E-state index in [9.17, 15) is 9.59 Å². The highest BCUT2D eigenvalue weighted by Gasteiger charge is 2.15. The summed E-state index contributed by atoms with van der Waals surface area (Å²) in [5.74, 6) is -0.523. The lowest BCUT2D eigenvalue weighted by Gasteiger charge is -2.26. The molecule has 0 bridgehead atoms. The Morgan fingerprint density at radius 1 is 1.10 bits per heavy atom. The summed E-state index contributed by atoms with van der Waals surface area (Å²) in [6.45, 7) is 5.30. The molecule has 5 nitrogen and oxygen atoms in total. The van der Waals surface area contributed by atoms with Crippen LogP contribution in [0.2, 0.25) is 0 Å². The van der Waals surface area contributed by atoms with Crippen molar-refractivity contribution in [2.75, 3.05) is 20.6 Å². The molecule has 0 heterocycles. The molecule has 1 rings (SSSR count).